The summed E-state index contributed by atoms with van der Waals surface area (Å²) < 4.78 is 13.4. The molecule has 0 fully saturated rings. The molecular formula is C9H5FINO. The zero-order valence-electron chi connectivity index (χ0n) is 6.46. The Balaban J connectivity index is 2.89. The number of pyridine rings is 1. The second kappa shape index (κ2) is 3.10. The van der Waals surface area contributed by atoms with Crippen LogP contribution in [0.15, 0.2) is 24.3 Å². The molecule has 1 heterocycles. The minimum absolute atomic E-state index is 0.0394. The lowest BCUT2D eigenvalue weighted by Crippen LogP contribution is -1.85. The van der Waals surface area contributed by atoms with Crippen LogP contribution in [0.1, 0.15) is 0 Å². The summed E-state index contributed by atoms with van der Waals surface area (Å²) in [6.45, 7) is 0. The minimum atomic E-state index is -0.579. The van der Waals surface area contributed by atoms with Crippen molar-refractivity contribution < 1.29 is 9.50 Å². The zero-order valence-corrected chi connectivity index (χ0v) is 8.62. The second-order valence-electron chi connectivity index (χ2n) is 2.60. The van der Waals surface area contributed by atoms with Gasteiger partial charge in [0.25, 0.3) is 0 Å². The van der Waals surface area contributed by atoms with Gasteiger partial charge in [-0.2, -0.15) is 4.39 Å². The van der Waals surface area contributed by atoms with Crippen LogP contribution in [0.25, 0.3) is 10.9 Å². The van der Waals surface area contributed by atoms with Crippen molar-refractivity contribution in [2.45, 2.75) is 0 Å². The molecule has 0 atom stereocenters. The van der Waals surface area contributed by atoms with Gasteiger partial charge in [-0.15, -0.1) is 0 Å². The molecule has 0 aliphatic carbocycles. The number of benzene rings is 1. The monoisotopic (exact) mass is 289 g/mol. The zero-order chi connectivity index (χ0) is 9.42. The third-order valence-electron chi connectivity index (χ3n) is 1.75. The molecule has 1 aromatic heterocycles. The molecule has 13 heavy (non-hydrogen) atoms. The van der Waals surface area contributed by atoms with Gasteiger partial charge < -0.3 is 5.11 Å². The average molecular weight is 289 g/mol. The number of phenolic OH excluding ortho intramolecular Hbond substituents is 1. The van der Waals surface area contributed by atoms with E-state index in [4.69, 9.17) is 0 Å². The summed E-state index contributed by atoms with van der Waals surface area (Å²) in [5, 5.41) is 10.3. The molecule has 0 amide bonds. The molecule has 0 saturated carbocycles. The maximum atomic E-state index is 12.7. The molecule has 0 aliphatic heterocycles. The standard InChI is InChI=1S/C9H5FINO/c10-7-4-2-5-1-3-6(11)9(13)8(5)12-7/h1-4,13H. The van der Waals surface area contributed by atoms with E-state index in [2.05, 4.69) is 4.98 Å². The maximum absolute atomic E-state index is 12.7. The summed E-state index contributed by atoms with van der Waals surface area (Å²) in [6.07, 6.45) is 0. The fourth-order valence-corrected chi connectivity index (χ4v) is 1.56. The number of hydrogen-bond acceptors (Lipinski definition) is 2. The van der Waals surface area contributed by atoms with E-state index in [1.807, 2.05) is 22.6 Å². The normalized spacial score (nSPS) is 10.6. The lowest BCUT2D eigenvalue weighted by atomic mass is 10.2. The second-order valence-corrected chi connectivity index (χ2v) is 3.76. The Morgan fingerprint density at radius 2 is 1.92 bits per heavy atom. The lowest BCUT2D eigenvalue weighted by molar-refractivity contribution is 0.475. The molecule has 0 radical (unpaired) electrons. The topological polar surface area (TPSA) is 33.1 Å². The van der Waals surface area contributed by atoms with E-state index in [9.17, 15) is 9.50 Å². The van der Waals surface area contributed by atoms with Crippen molar-refractivity contribution in [3.05, 3.63) is 33.8 Å². The highest BCUT2D eigenvalue weighted by Gasteiger charge is 2.05. The summed E-state index contributed by atoms with van der Waals surface area (Å²) in [7, 11) is 0. The quantitative estimate of drug-likeness (QED) is 0.597. The van der Waals surface area contributed by atoms with E-state index in [-0.39, 0.29) is 5.75 Å². The van der Waals surface area contributed by atoms with Crippen LogP contribution < -0.4 is 0 Å². The average Bonchev–Trinajstić information content (AvgIpc) is 2.12. The predicted molar refractivity (Wildman–Crippen MR) is 56.1 cm³/mol. The van der Waals surface area contributed by atoms with Crippen LogP contribution in [0.4, 0.5) is 4.39 Å². The highest BCUT2D eigenvalue weighted by Crippen LogP contribution is 2.27. The summed E-state index contributed by atoms with van der Waals surface area (Å²) in [5.74, 6) is -0.539. The highest BCUT2D eigenvalue weighted by atomic mass is 127. The van der Waals surface area contributed by atoms with Gasteiger partial charge in [-0.25, -0.2) is 4.98 Å². The fraction of sp³-hybridized carbons (Fsp3) is 0. The molecule has 2 aromatic rings. The van der Waals surface area contributed by atoms with Gasteiger partial charge in [-0.3, -0.25) is 0 Å². The van der Waals surface area contributed by atoms with Crippen LogP contribution in [0.5, 0.6) is 5.75 Å². The van der Waals surface area contributed by atoms with Crippen molar-refractivity contribution >= 4 is 33.5 Å². The Labute approximate surface area is 87.6 Å². The number of aromatic hydroxyl groups is 1. The predicted octanol–water partition coefficient (Wildman–Crippen LogP) is 2.68. The molecule has 1 aromatic carbocycles. The highest BCUT2D eigenvalue weighted by molar-refractivity contribution is 14.1. The molecule has 1 N–H and O–H groups in total. The van der Waals surface area contributed by atoms with Crippen molar-refractivity contribution in [2.24, 2.45) is 0 Å². The largest absolute Gasteiger partial charge is 0.505 e. The van der Waals surface area contributed by atoms with Crippen molar-refractivity contribution in [1.29, 1.82) is 0 Å². The van der Waals surface area contributed by atoms with Crippen LogP contribution in [-0.4, -0.2) is 10.1 Å². The first kappa shape index (κ1) is 8.68. The van der Waals surface area contributed by atoms with Gasteiger partial charge in [-0.1, -0.05) is 6.07 Å². The Morgan fingerprint density at radius 3 is 2.69 bits per heavy atom. The minimum Gasteiger partial charge on any atom is -0.505 e. The van der Waals surface area contributed by atoms with Crippen LogP contribution in [0, 0.1) is 9.52 Å². The van der Waals surface area contributed by atoms with Crippen molar-refractivity contribution in [3.8, 4) is 5.75 Å². The number of rotatable bonds is 0. The summed E-state index contributed by atoms with van der Waals surface area (Å²) >= 11 is 1.97. The summed E-state index contributed by atoms with van der Waals surface area (Å²) in [5.41, 5.74) is 0.312. The van der Waals surface area contributed by atoms with Gasteiger partial charge in [0.1, 0.15) is 5.52 Å². The first-order valence-electron chi connectivity index (χ1n) is 3.62. The summed E-state index contributed by atoms with van der Waals surface area (Å²) in [4.78, 5) is 3.61. The molecule has 0 saturated heterocycles. The third-order valence-corrected chi connectivity index (χ3v) is 2.62. The van der Waals surface area contributed by atoms with Crippen molar-refractivity contribution in [3.63, 3.8) is 0 Å². The number of nitrogens with zero attached hydrogens (tertiary/aromatic N) is 1. The van der Waals surface area contributed by atoms with Crippen molar-refractivity contribution in [2.75, 3.05) is 0 Å². The Hall–Kier alpha value is -0.910. The first-order valence-corrected chi connectivity index (χ1v) is 4.70. The Bertz CT molecular complexity index is 467. The summed E-state index contributed by atoms with van der Waals surface area (Å²) in [6, 6.07) is 6.42. The van der Waals surface area contributed by atoms with Crippen LogP contribution >= 0.6 is 22.6 Å². The van der Waals surface area contributed by atoms with E-state index in [0.717, 1.165) is 5.39 Å². The molecule has 0 bridgehead atoms. The van der Waals surface area contributed by atoms with Crippen molar-refractivity contribution in [1.82, 2.24) is 4.98 Å². The van der Waals surface area contributed by atoms with Gasteiger partial charge in [0, 0.05) is 5.39 Å². The van der Waals surface area contributed by atoms with Gasteiger partial charge in [0.15, 0.2) is 5.75 Å². The van der Waals surface area contributed by atoms with Gasteiger partial charge >= 0.3 is 0 Å². The molecule has 0 spiro atoms. The molecule has 0 unspecified atom stereocenters. The number of hydrogen-bond donors (Lipinski definition) is 1. The van der Waals surface area contributed by atoms with Crippen LogP contribution in [0.3, 0.4) is 0 Å². The van der Waals surface area contributed by atoms with Gasteiger partial charge in [0.2, 0.25) is 5.95 Å². The first-order chi connectivity index (χ1) is 6.18. The molecule has 2 rings (SSSR count). The van der Waals surface area contributed by atoms with E-state index < -0.39 is 5.95 Å². The Kier molecular flexibility index (Phi) is 2.07. The number of aromatic nitrogens is 1. The van der Waals surface area contributed by atoms with Crippen LogP contribution in [-0.2, 0) is 0 Å². The molecule has 66 valence electrons. The molecular weight excluding hydrogens is 284 g/mol. The van der Waals surface area contributed by atoms with E-state index >= 15 is 0 Å². The number of fused-ring (bicyclic) bond motifs is 1. The van der Waals surface area contributed by atoms with E-state index in [1.54, 1.807) is 18.2 Å². The van der Waals surface area contributed by atoms with E-state index in [1.165, 1.54) is 6.07 Å². The SMILES string of the molecule is Oc1c(I)ccc2ccc(F)nc12. The lowest BCUT2D eigenvalue weighted by Gasteiger charge is -2.01. The van der Waals surface area contributed by atoms with E-state index in [0.29, 0.717) is 9.09 Å². The third kappa shape index (κ3) is 1.46. The molecule has 4 heteroatoms. The van der Waals surface area contributed by atoms with Gasteiger partial charge in [-0.05, 0) is 40.8 Å². The smallest absolute Gasteiger partial charge is 0.213 e. The Morgan fingerprint density at radius 1 is 1.23 bits per heavy atom. The molecule has 0 aliphatic rings. The van der Waals surface area contributed by atoms with Crippen LogP contribution in [0.2, 0.25) is 0 Å². The molecule has 2 nitrogen and oxygen atoms in total. The number of halogens is 2. The fourth-order valence-electron chi connectivity index (χ4n) is 1.13. The maximum Gasteiger partial charge on any atom is 0.213 e. The number of phenols is 1. The van der Waals surface area contributed by atoms with Gasteiger partial charge in [0.05, 0.1) is 3.57 Å².